The van der Waals surface area contributed by atoms with E-state index in [-0.39, 0.29) is 35.8 Å². The first-order valence-electron chi connectivity index (χ1n) is 12.1. The number of amides is 1. The molecule has 2 heterocycles. The van der Waals surface area contributed by atoms with E-state index in [0.717, 1.165) is 5.56 Å². The molecular formula is C28H27N3O6. The fourth-order valence-electron chi connectivity index (χ4n) is 5.58. The van der Waals surface area contributed by atoms with Gasteiger partial charge < -0.3 is 20.5 Å². The van der Waals surface area contributed by atoms with Gasteiger partial charge in [0.2, 0.25) is 5.91 Å². The lowest BCUT2D eigenvalue weighted by Gasteiger charge is -2.44. The monoisotopic (exact) mass is 501 g/mol. The number of ether oxygens (including phenoxy) is 2. The molecule has 1 atom stereocenters. The molecule has 2 aliphatic heterocycles. The van der Waals surface area contributed by atoms with Gasteiger partial charge in [0, 0.05) is 34.6 Å². The molecule has 190 valence electrons. The molecule has 0 aromatic heterocycles. The van der Waals surface area contributed by atoms with Crippen molar-refractivity contribution in [1.82, 2.24) is 0 Å². The van der Waals surface area contributed by atoms with Crippen molar-refractivity contribution in [3.8, 4) is 0 Å². The van der Waals surface area contributed by atoms with Gasteiger partial charge in [-0.05, 0) is 57.0 Å². The van der Waals surface area contributed by atoms with E-state index in [4.69, 9.17) is 15.2 Å². The molecule has 3 aliphatic rings. The molecule has 3 N–H and O–H groups in total. The Morgan fingerprint density at radius 1 is 1.08 bits per heavy atom. The molecule has 9 heteroatoms. The van der Waals surface area contributed by atoms with Gasteiger partial charge in [-0.2, -0.15) is 0 Å². The average Bonchev–Trinajstić information content (AvgIpc) is 3.15. The number of hydrogen-bond acceptors (Lipinski definition) is 8. The van der Waals surface area contributed by atoms with Gasteiger partial charge in [-0.25, -0.2) is 9.59 Å². The number of Topliss-reactive ketones (excluding diaryl/α,β-unsaturated/α-hetero) is 1. The number of nitrogens with zero attached hydrogens (tertiary/aromatic N) is 1. The zero-order valence-electron chi connectivity index (χ0n) is 20.8. The molecule has 5 rings (SSSR count). The number of carbonyl (C=O) groups is 4. The number of fused-ring (bicyclic) bond motifs is 3. The Labute approximate surface area is 213 Å². The Balaban J connectivity index is 1.80. The summed E-state index contributed by atoms with van der Waals surface area (Å²) in [6.07, 6.45) is 1.26. The van der Waals surface area contributed by atoms with Crippen molar-refractivity contribution in [1.29, 1.82) is 0 Å². The summed E-state index contributed by atoms with van der Waals surface area (Å²) in [4.78, 5) is 54.7. The van der Waals surface area contributed by atoms with Crippen LogP contribution < -0.4 is 16.0 Å². The number of allylic oxidation sites excluding steroid dienone is 1. The highest BCUT2D eigenvalue weighted by Gasteiger charge is 2.61. The van der Waals surface area contributed by atoms with Crippen molar-refractivity contribution in [2.45, 2.75) is 38.5 Å². The van der Waals surface area contributed by atoms with E-state index in [2.05, 4.69) is 5.32 Å². The van der Waals surface area contributed by atoms with Crippen LogP contribution in [0.2, 0.25) is 0 Å². The summed E-state index contributed by atoms with van der Waals surface area (Å²) in [5.74, 6) is -2.02. The first-order chi connectivity index (χ1) is 17.7. The van der Waals surface area contributed by atoms with Crippen LogP contribution in [0.5, 0.6) is 0 Å². The molecule has 0 saturated heterocycles. The summed E-state index contributed by atoms with van der Waals surface area (Å²) >= 11 is 0. The second kappa shape index (κ2) is 8.92. The Bertz CT molecular complexity index is 1420. The predicted octanol–water partition coefficient (Wildman–Crippen LogP) is 3.23. The third-order valence-electron chi connectivity index (χ3n) is 7.10. The van der Waals surface area contributed by atoms with Gasteiger partial charge in [-0.3, -0.25) is 14.5 Å². The largest absolute Gasteiger partial charge is 0.466 e. The van der Waals surface area contributed by atoms with Crippen LogP contribution in [0.1, 0.15) is 47.7 Å². The maximum absolute atomic E-state index is 13.9. The van der Waals surface area contributed by atoms with E-state index in [1.807, 2.05) is 13.0 Å². The van der Waals surface area contributed by atoms with Crippen molar-refractivity contribution in [3.63, 3.8) is 0 Å². The minimum atomic E-state index is -1.73. The molecule has 2 aromatic carbocycles. The number of esters is 2. The highest BCUT2D eigenvalue weighted by atomic mass is 16.5. The molecule has 37 heavy (non-hydrogen) atoms. The highest BCUT2D eigenvalue weighted by molar-refractivity contribution is 6.23. The van der Waals surface area contributed by atoms with Crippen molar-refractivity contribution in [2.75, 3.05) is 23.9 Å². The van der Waals surface area contributed by atoms with Crippen molar-refractivity contribution >= 4 is 35.0 Å². The lowest BCUT2D eigenvalue weighted by atomic mass is 9.63. The van der Waals surface area contributed by atoms with Crippen molar-refractivity contribution in [3.05, 3.63) is 81.8 Å². The van der Waals surface area contributed by atoms with E-state index >= 15 is 0 Å². The van der Waals surface area contributed by atoms with E-state index in [0.29, 0.717) is 41.0 Å². The van der Waals surface area contributed by atoms with Gasteiger partial charge >= 0.3 is 11.9 Å². The maximum atomic E-state index is 13.9. The molecule has 1 unspecified atom stereocenters. The van der Waals surface area contributed by atoms with Crippen LogP contribution in [0, 0.1) is 6.92 Å². The normalized spacial score (nSPS) is 20.6. The minimum Gasteiger partial charge on any atom is -0.466 e. The van der Waals surface area contributed by atoms with Crippen LogP contribution in [0.25, 0.3) is 0 Å². The molecule has 0 saturated carbocycles. The van der Waals surface area contributed by atoms with E-state index in [1.165, 1.54) is 7.11 Å². The second-order valence-corrected chi connectivity index (χ2v) is 9.21. The first kappa shape index (κ1) is 24.3. The van der Waals surface area contributed by atoms with E-state index in [1.54, 1.807) is 48.2 Å². The number of hydrogen-bond donors (Lipinski definition) is 2. The molecule has 2 aromatic rings. The van der Waals surface area contributed by atoms with Gasteiger partial charge in [0.25, 0.3) is 0 Å². The van der Waals surface area contributed by atoms with Crippen LogP contribution >= 0.6 is 0 Å². The fourth-order valence-corrected chi connectivity index (χ4v) is 5.58. The lowest BCUT2D eigenvalue weighted by molar-refractivity contribution is -0.138. The number of nitrogens with one attached hydrogen (secondary N) is 1. The molecule has 9 nitrogen and oxygen atoms in total. The molecule has 0 radical (unpaired) electrons. The number of benzene rings is 2. The van der Waals surface area contributed by atoms with Gasteiger partial charge in [-0.1, -0.05) is 17.7 Å². The van der Waals surface area contributed by atoms with Crippen molar-refractivity contribution in [2.24, 2.45) is 5.73 Å². The van der Waals surface area contributed by atoms with Crippen LogP contribution in [-0.2, 0) is 29.3 Å². The van der Waals surface area contributed by atoms with E-state index in [9.17, 15) is 19.2 Å². The second-order valence-electron chi connectivity index (χ2n) is 9.21. The van der Waals surface area contributed by atoms with Gasteiger partial charge in [0.15, 0.2) is 5.78 Å². The number of ketones is 1. The predicted molar refractivity (Wildman–Crippen MR) is 135 cm³/mol. The van der Waals surface area contributed by atoms with Crippen LogP contribution in [0.3, 0.4) is 0 Å². The quantitative estimate of drug-likeness (QED) is 0.611. The SMILES string of the molecule is CCOC(=O)c1ccc(N2C(N)=C(C(=O)OC)C3(C(=O)Nc4ccc(C)cc43)C3=C2CCCC3=O)cc1. The Morgan fingerprint density at radius 3 is 2.49 bits per heavy atom. The standard InChI is InChI=1S/C28H27N3O6/c1-4-37-25(33)16-9-11-17(12-10-16)31-20-6-5-7-21(32)22(20)28(23(24(31)29)26(34)36-3)18-14-15(2)8-13-19(18)30-27(28)35/h8-14H,4-7,29H2,1-3H3,(H,30,35). The summed E-state index contributed by atoms with van der Waals surface area (Å²) in [6.45, 7) is 3.84. The summed E-state index contributed by atoms with van der Waals surface area (Å²) in [5, 5.41) is 2.86. The van der Waals surface area contributed by atoms with Crippen LogP contribution in [0.4, 0.5) is 11.4 Å². The lowest BCUT2D eigenvalue weighted by Crippen LogP contribution is -2.53. The number of carbonyl (C=O) groups excluding carboxylic acids is 4. The van der Waals surface area contributed by atoms with Crippen molar-refractivity contribution < 1.29 is 28.7 Å². The zero-order chi connectivity index (χ0) is 26.5. The van der Waals surface area contributed by atoms with Crippen LogP contribution in [-0.4, -0.2) is 37.3 Å². The topological polar surface area (TPSA) is 128 Å². The third kappa shape index (κ3) is 3.45. The number of anilines is 2. The Hall–Kier alpha value is -4.40. The molecule has 1 aliphatic carbocycles. The van der Waals surface area contributed by atoms with E-state index < -0.39 is 23.3 Å². The summed E-state index contributed by atoms with van der Waals surface area (Å²) in [6, 6.07) is 11.9. The zero-order valence-corrected chi connectivity index (χ0v) is 20.8. The number of methoxy groups -OCH3 is 1. The summed E-state index contributed by atoms with van der Waals surface area (Å²) in [5.41, 5.74) is 8.43. The summed E-state index contributed by atoms with van der Waals surface area (Å²) < 4.78 is 10.2. The Kier molecular flexibility index (Phi) is 5.86. The smallest absolute Gasteiger partial charge is 0.339 e. The third-order valence-corrected chi connectivity index (χ3v) is 7.10. The number of aryl methyl sites for hydroxylation is 1. The molecule has 0 bridgehead atoms. The van der Waals surface area contributed by atoms with Gasteiger partial charge in [-0.15, -0.1) is 0 Å². The summed E-state index contributed by atoms with van der Waals surface area (Å²) in [7, 11) is 1.21. The number of rotatable bonds is 4. The Morgan fingerprint density at radius 2 is 1.81 bits per heavy atom. The number of nitrogens with two attached hydrogens (primary N) is 1. The first-order valence-corrected chi connectivity index (χ1v) is 12.1. The van der Waals surface area contributed by atoms with Gasteiger partial charge in [0.05, 0.1) is 19.3 Å². The highest BCUT2D eigenvalue weighted by Crippen LogP contribution is 2.55. The molecule has 0 fully saturated rings. The molecule has 1 amide bonds. The molecular weight excluding hydrogens is 474 g/mol. The van der Waals surface area contributed by atoms with Crippen LogP contribution in [0.15, 0.2) is 65.1 Å². The fraction of sp³-hybridized carbons (Fsp3) is 0.286. The average molecular weight is 502 g/mol. The molecule has 1 spiro atoms. The van der Waals surface area contributed by atoms with Gasteiger partial charge in [0.1, 0.15) is 16.8 Å². The maximum Gasteiger partial charge on any atom is 0.339 e. The minimum absolute atomic E-state index is 0.00584.